The Morgan fingerprint density at radius 3 is 2.24 bits per heavy atom. The van der Waals surface area contributed by atoms with Crippen LogP contribution in [0.15, 0.2) is 23.1 Å². The molecule has 4 aliphatic carbocycles. The Hall–Kier alpha value is -1.73. The van der Waals surface area contributed by atoms with Gasteiger partial charge in [0.25, 0.3) is 0 Å². The number of hydrogen-bond donors (Lipinski definition) is 1. The number of benzene rings is 1. The number of Topliss-reactive ketones (excluding diaryl/α,β-unsaturated/α-hetero) is 1. The van der Waals surface area contributed by atoms with E-state index in [0.717, 1.165) is 24.8 Å². The molecule has 0 amide bonds. The van der Waals surface area contributed by atoms with E-state index in [9.17, 15) is 18.0 Å². The van der Waals surface area contributed by atoms with E-state index in [2.05, 4.69) is 4.72 Å². The highest BCUT2D eigenvalue weighted by Crippen LogP contribution is 2.60. The van der Waals surface area contributed by atoms with Crippen LogP contribution in [0.4, 0.5) is 0 Å². The van der Waals surface area contributed by atoms with Crippen molar-refractivity contribution in [2.24, 2.45) is 23.2 Å². The topological polar surface area (TPSA) is 89.5 Å². The second kappa shape index (κ2) is 7.51. The molecule has 0 heterocycles. The number of hydrogen-bond acceptors (Lipinski definition) is 5. The van der Waals surface area contributed by atoms with E-state index in [1.54, 1.807) is 19.1 Å². The number of ether oxygens (including phenoxy) is 1. The molecule has 0 unspecified atom stereocenters. The minimum absolute atomic E-state index is 0.0161. The molecule has 0 aliphatic heterocycles. The Morgan fingerprint density at radius 1 is 1.07 bits per heavy atom. The maximum atomic E-state index is 12.9. The second-order valence-corrected chi connectivity index (χ2v) is 11.1. The van der Waals surface area contributed by atoms with Gasteiger partial charge in [0, 0.05) is 5.41 Å². The summed E-state index contributed by atoms with van der Waals surface area (Å²) in [6, 6.07) is 5.13. The monoisotopic (exact) mass is 419 g/mol. The molecule has 7 heteroatoms. The van der Waals surface area contributed by atoms with Crippen LogP contribution < -0.4 is 4.72 Å². The van der Waals surface area contributed by atoms with Crippen LogP contribution in [-0.4, -0.2) is 33.3 Å². The van der Waals surface area contributed by atoms with Crippen molar-refractivity contribution in [2.45, 2.75) is 57.3 Å². The number of ketones is 1. The van der Waals surface area contributed by atoms with Gasteiger partial charge in [0.2, 0.25) is 10.0 Å². The fourth-order valence-electron chi connectivity index (χ4n) is 6.03. The molecular formula is C22H29NO5S. The van der Waals surface area contributed by atoms with Crippen LogP contribution in [0, 0.1) is 37.0 Å². The highest BCUT2D eigenvalue weighted by molar-refractivity contribution is 7.89. The van der Waals surface area contributed by atoms with Gasteiger partial charge in [-0.15, -0.1) is 0 Å². The number of sulfonamides is 1. The summed E-state index contributed by atoms with van der Waals surface area (Å²) in [6.07, 6.45) is 6.50. The first-order chi connectivity index (χ1) is 13.7. The Bertz CT molecular complexity index is 901. The molecule has 1 aromatic carbocycles. The quantitative estimate of drug-likeness (QED) is 0.687. The van der Waals surface area contributed by atoms with Gasteiger partial charge >= 0.3 is 5.97 Å². The van der Waals surface area contributed by atoms with E-state index in [1.807, 2.05) is 13.0 Å². The third-order valence-electron chi connectivity index (χ3n) is 7.03. The number of esters is 1. The molecule has 4 saturated carbocycles. The summed E-state index contributed by atoms with van der Waals surface area (Å²) in [5.41, 5.74) is 1.11. The zero-order valence-corrected chi connectivity index (χ0v) is 17.9. The summed E-state index contributed by atoms with van der Waals surface area (Å²) in [6.45, 7) is 2.78. The highest BCUT2D eigenvalue weighted by Gasteiger charge is 2.54. The highest BCUT2D eigenvalue weighted by atomic mass is 32.2. The van der Waals surface area contributed by atoms with Crippen molar-refractivity contribution in [3.63, 3.8) is 0 Å². The molecule has 0 saturated heterocycles. The molecular weight excluding hydrogens is 390 g/mol. The van der Waals surface area contributed by atoms with Gasteiger partial charge in [-0.2, -0.15) is 4.72 Å². The molecule has 1 aromatic rings. The van der Waals surface area contributed by atoms with Gasteiger partial charge in [0.1, 0.15) is 6.54 Å². The first-order valence-electron chi connectivity index (χ1n) is 10.4. The van der Waals surface area contributed by atoms with Crippen molar-refractivity contribution < 1.29 is 22.7 Å². The van der Waals surface area contributed by atoms with Crippen LogP contribution in [-0.2, 0) is 24.3 Å². The summed E-state index contributed by atoms with van der Waals surface area (Å²) in [5.74, 6) is 1.22. The fourth-order valence-corrected chi connectivity index (χ4v) is 7.33. The summed E-state index contributed by atoms with van der Waals surface area (Å²) < 4.78 is 32.4. The van der Waals surface area contributed by atoms with E-state index in [4.69, 9.17) is 4.74 Å². The van der Waals surface area contributed by atoms with Crippen molar-refractivity contribution in [2.75, 3.05) is 13.2 Å². The normalized spacial score (nSPS) is 30.3. The molecule has 4 fully saturated rings. The predicted molar refractivity (Wildman–Crippen MR) is 108 cm³/mol. The molecule has 29 heavy (non-hydrogen) atoms. The summed E-state index contributed by atoms with van der Waals surface area (Å²) >= 11 is 0. The number of rotatable bonds is 7. The Balaban J connectivity index is 1.31. The summed E-state index contributed by atoms with van der Waals surface area (Å²) in [5, 5.41) is 0. The number of nitrogens with one attached hydrogen (secondary N) is 1. The lowest BCUT2D eigenvalue weighted by atomic mass is 9.48. The van der Waals surface area contributed by atoms with Crippen LogP contribution >= 0.6 is 0 Å². The van der Waals surface area contributed by atoms with Crippen molar-refractivity contribution in [1.82, 2.24) is 4.72 Å². The van der Waals surface area contributed by atoms with Gasteiger partial charge in [-0.25, -0.2) is 8.42 Å². The first-order valence-corrected chi connectivity index (χ1v) is 11.9. The minimum Gasteiger partial charge on any atom is -0.457 e. The smallest absolute Gasteiger partial charge is 0.321 e. The number of carbonyl (C=O) groups is 2. The van der Waals surface area contributed by atoms with E-state index in [1.165, 1.54) is 19.3 Å². The van der Waals surface area contributed by atoms with Gasteiger partial charge in [-0.05, 0) is 87.3 Å². The van der Waals surface area contributed by atoms with Gasteiger partial charge < -0.3 is 4.74 Å². The zero-order chi connectivity index (χ0) is 20.8. The molecule has 0 atom stereocenters. The average Bonchev–Trinajstić information content (AvgIpc) is 2.65. The molecule has 1 N–H and O–H groups in total. The van der Waals surface area contributed by atoms with Crippen molar-refractivity contribution in [3.05, 3.63) is 29.3 Å². The molecule has 4 aliphatic rings. The van der Waals surface area contributed by atoms with Crippen molar-refractivity contribution in [3.8, 4) is 0 Å². The van der Waals surface area contributed by atoms with Crippen LogP contribution in [0.2, 0.25) is 0 Å². The molecule has 6 nitrogen and oxygen atoms in total. The predicted octanol–water partition coefficient (Wildman–Crippen LogP) is 2.91. The third kappa shape index (κ3) is 4.12. The number of aryl methyl sites for hydroxylation is 2. The zero-order valence-electron chi connectivity index (χ0n) is 17.1. The van der Waals surface area contributed by atoms with Gasteiger partial charge in [0.15, 0.2) is 12.4 Å². The second-order valence-electron chi connectivity index (χ2n) is 9.38. The van der Waals surface area contributed by atoms with Crippen LogP contribution in [0.5, 0.6) is 0 Å². The van der Waals surface area contributed by atoms with Crippen LogP contribution in [0.1, 0.15) is 49.7 Å². The molecule has 158 valence electrons. The molecule has 4 bridgehead atoms. The van der Waals surface area contributed by atoms with E-state index in [0.29, 0.717) is 23.3 Å². The third-order valence-corrected chi connectivity index (χ3v) is 8.58. The fraction of sp³-hybridized carbons (Fsp3) is 0.636. The van der Waals surface area contributed by atoms with Gasteiger partial charge in [-0.3, -0.25) is 9.59 Å². The first kappa shape index (κ1) is 20.5. The minimum atomic E-state index is -3.82. The lowest BCUT2D eigenvalue weighted by Crippen LogP contribution is -2.51. The maximum absolute atomic E-state index is 12.9. The molecule has 0 radical (unpaired) electrons. The van der Waals surface area contributed by atoms with Crippen LogP contribution in [0.25, 0.3) is 0 Å². The van der Waals surface area contributed by atoms with E-state index >= 15 is 0 Å². The summed E-state index contributed by atoms with van der Waals surface area (Å²) in [4.78, 5) is 25.1. The molecule has 0 aromatic heterocycles. The molecule has 0 spiro atoms. The SMILES string of the molecule is Cc1ccc(C)c(S(=O)(=O)NCC(=O)OCC(=O)C23CC4CC(CC(C4)C2)C3)c1. The Labute approximate surface area is 172 Å². The Kier molecular flexibility index (Phi) is 5.32. The number of carbonyl (C=O) groups excluding carboxylic acids is 2. The lowest BCUT2D eigenvalue weighted by molar-refractivity contribution is -0.157. The lowest BCUT2D eigenvalue weighted by Gasteiger charge is -2.55. The van der Waals surface area contributed by atoms with Crippen LogP contribution in [0.3, 0.4) is 0 Å². The largest absolute Gasteiger partial charge is 0.457 e. The van der Waals surface area contributed by atoms with Gasteiger partial charge in [0.05, 0.1) is 4.90 Å². The standard InChI is InChI=1S/C22H29NO5S/c1-14-3-4-15(2)19(5-14)29(26,27)23-12-21(25)28-13-20(24)22-9-16-6-17(10-22)8-18(7-16)11-22/h3-5,16-18,23H,6-13H2,1-2H3. The average molecular weight is 420 g/mol. The Morgan fingerprint density at radius 2 is 1.66 bits per heavy atom. The van der Waals surface area contributed by atoms with Gasteiger partial charge in [-0.1, -0.05) is 12.1 Å². The maximum Gasteiger partial charge on any atom is 0.321 e. The molecule has 5 rings (SSSR count). The van der Waals surface area contributed by atoms with Crippen molar-refractivity contribution in [1.29, 1.82) is 0 Å². The van der Waals surface area contributed by atoms with E-state index in [-0.39, 0.29) is 22.7 Å². The summed E-state index contributed by atoms with van der Waals surface area (Å²) in [7, 11) is -3.82. The van der Waals surface area contributed by atoms with Crippen molar-refractivity contribution >= 4 is 21.8 Å². The van der Waals surface area contributed by atoms with E-state index < -0.39 is 22.5 Å².